The molecule has 0 radical (unpaired) electrons. The Morgan fingerprint density at radius 3 is 1.95 bits per heavy atom. The monoisotopic (exact) mass is 271 g/mol. The van der Waals surface area contributed by atoms with Crippen molar-refractivity contribution in [1.29, 1.82) is 0 Å². The topological polar surface area (TPSA) is 26.0 Å². The number of benzene rings is 2. The minimum absolute atomic E-state index is 0.219. The van der Waals surface area contributed by atoms with Crippen molar-refractivity contribution < 1.29 is 0 Å². The number of thioether (sulfide) groups is 1. The lowest BCUT2D eigenvalue weighted by Crippen LogP contribution is -2.17. The summed E-state index contributed by atoms with van der Waals surface area (Å²) in [5.41, 5.74) is 9.66. The summed E-state index contributed by atoms with van der Waals surface area (Å²) in [6, 6.07) is 17.7. The lowest BCUT2D eigenvalue weighted by molar-refractivity contribution is 0.738. The predicted octanol–water partition coefficient (Wildman–Crippen LogP) is 4.36. The van der Waals surface area contributed by atoms with E-state index in [2.05, 4.69) is 55.5 Å². The van der Waals surface area contributed by atoms with E-state index in [9.17, 15) is 0 Å². The molecule has 0 heterocycles. The van der Waals surface area contributed by atoms with Crippen LogP contribution in [0.1, 0.15) is 19.4 Å². The number of rotatable bonds is 5. The molecule has 0 saturated heterocycles. The third kappa shape index (κ3) is 4.12. The van der Waals surface area contributed by atoms with Crippen LogP contribution in [-0.2, 0) is 6.42 Å². The molecule has 0 bridgehead atoms. The van der Waals surface area contributed by atoms with Crippen LogP contribution in [0.15, 0.2) is 53.4 Å². The van der Waals surface area contributed by atoms with Crippen LogP contribution in [0.5, 0.6) is 0 Å². The van der Waals surface area contributed by atoms with Gasteiger partial charge in [-0.15, -0.1) is 11.8 Å². The van der Waals surface area contributed by atoms with Crippen molar-refractivity contribution in [3.8, 4) is 11.1 Å². The fourth-order valence-electron chi connectivity index (χ4n) is 2.12. The van der Waals surface area contributed by atoms with E-state index < -0.39 is 0 Å². The normalized spacial score (nSPS) is 12.4. The summed E-state index contributed by atoms with van der Waals surface area (Å²) in [5.74, 6) is 1.12. The van der Waals surface area contributed by atoms with Gasteiger partial charge in [0.25, 0.3) is 0 Å². The van der Waals surface area contributed by atoms with E-state index >= 15 is 0 Å². The smallest absolute Gasteiger partial charge is 0.00722 e. The van der Waals surface area contributed by atoms with Crippen LogP contribution in [0.4, 0.5) is 0 Å². The summed E-state index contributed by atoms with van der Waals surface area (Å²) < 4.78 is 0. The van der Waals surface area contributed by atoms with Crippen LogP contribution in [0.2, 0.25) is 0 Å². The van der Waals surface area contributed by atoms with Crippen LogP contribution >= 0.6 is 11.8 Å². The van der Waals surface area contributed by atoms with Crippen molar-refractivity contribution in [2.24, 2.45) is 5.73 Å². The molecule has 2 aromatic rings. The average Bonchev–Trinajstić information content (AvgIpc) is 2.40. The number of hydrogen-bond acceptors (Lipinski definition) is 2. The first kappa shape index (κ1) is 14.2. The average molecular weight is 271 g/mol. The van der Waals surface area contributed by atoms with Crippen LogP contribution in [-0.4, -0.2) is 11.8 Å². The maximum Gasteiger partial charge on any atom is 0.00722 e. The third-order valence-corrected chi connectivity index (χ3v) is 3.90. The molecule has 1 unspecified atom stereocenters. The Morgan fingerprint density at radius 2 is 1.47 bits per heavy atom. The molecule has 2 aromatic carbocycles. The van der Waals surface area contributed by atoms with Gasteiger partial charge >= 0.3 is 0 Å². The van der Waals surface area contributed by atoms with Gasteiger partial charge in [0.2, 0.25) is 0 Å². The van der Waals surface area contributed by atoms with E-state index in [1.54, 1.807) is 0 Å². The van der Waals surface area contributed by atoms with E-state index in [0.29, 0.717) is 0 Å². The minimum Gasteiger partial charge on any atom is -0.328 e. The summed E-state index contributed by atoms with van der Waals surface area (Å²) in [5, 5.41) is 0. The highest BCUT2D eigenvalue weighted by atomic mass is 32.2. The molecular weight excluding hydrogens is 250 g/mol. The Morgan fingerprint density at radius 1 is 0.947 bits per heavy atom. The van der Waals surface area contributed by atoms with Crippen molar-refractivity contribution in [2.45, 2.75) is 31.2 Å². The Kier molecular flexibility index (Phi) is 5.06. The number of nitrogens with two attached hydrogens (primary N) is 1. The predicted molar refractivity (Wildman–Crippen MR) is 85.6 cm³/mol. The molecule has 0 spiro atoms. The molecule has 19 heavy (non-hydrogen) atoms. The fraction of sp³-hybridized carbons (Fsp3) is 0.294. The molecule has 0 saturated carbocycles. The molecule has 0 fully saturated rings. The molecule has 1 atom stereocenters. The van der Waals surface area contributed by atoms with E-state index in [1.165, 1.54) is 21.6 Å². The van der Waals surface area contributed by atoms with E-state index in [4.69, 9.17) is 5.73 Å². The molecule has 2 heteroatoms. The number of hydrogen-bond donors (Lipinski definition) is 1. The van der Waals surface area contributed by atoms with Gasteiger partial charge in [-0.05, 0) is 47.9 Å². The summed E-state index contributed by atoms with van der Waals surface area (Å²) in [6.07, 6.45) is 0.937. The highest BCUT2D eigenvalue weighted by molar-refractivity contribution is 7.99. The standard InChI is InChI=1S/C17H21NS/c1-3-19-17-10-8-16(9-11-17)15-6-4-14(5-7-15)12-13(2)18/h4-11,13H,3,12,18H2,1-2H3. The zero-order chi connectivity index (χ0) is 13.7. The van der Waals surface area contributed by atoms with E-state index in [0.717, 1.165) is 12.2 Å². The van der Waals surface area contributed by atoms with Crippen LogP contribution in [0, 0.1) is 0 Å². The van der Waals surface area contributed by atoms with Gasteiger partial charge in [0.1, 0.15) is 0 Å². The largest absolute Gasteiger partial charge is 0.328 e. The van der Waals surface area contributed by atoms with E-state index in [-0.39, 0.29) is 6.04 Å². The van der Waals surface area contributed by atoms with Crippen molar-refractivity contribution in [3.05, 3.63) is 54.1 Å². The lowest BCUT2D eigenvalue weighted by atomic mass is 10.0. The summed E-state index contributed by atoms with van der Waals surface area (Å²) in [7, 11) is 0. The first-order valence-corrected chi connectivity index (χ1v) is 7.75. The summed E-state index contributed by atoms with van der Waals surface area (Å²) >= 11 is 1.87. The highest BCUT2D eigenvalue weighted by Crippen LogP contribution is 2.24. The van der Waals surface area contributed by atoms with Gasteiger partial charge < -0.3 is 5.73 Å². The second kappa shape index (κ2) is 6.78. The van der Waals surface area contributed by atoms with Crippen molar-refractivity contribution in [1.82, 2.24) is 0 Å². The molecule has 1 nitrogen and oxygen atoms in total. The van der Waals surface area contributed by atoms with Crippen molar-refractivity contribution in [3.63, 3.8) is 0 Å². The van der Waals surface area contributed by atoms with Crippen molar-refractivity contribution in [2.75, 3.05) is 5.75 Å². The van der Waals surface area contributed by atoms with Gasteiger partial charge in [0.05, 0.1) is 0 Å². The molecule has 2 rings (SSSR count). The minimum atomic E-state index is 0.219. The molecule has 2 N–H and O–H groups in total. The van der Waals surface area contributed by atoms with Gasteiger partial charge in [-0.1, -0.05) is 43.3 Å². The first-order chi connectivity index (χ1) is 9.19. The van der Waals surface area contributed by atoms with Crippen LogP contribution < -0.4 is 5.73 Å². The zero-order valence-electron chi connectivity index (χ0n) is 11.6. The molecule has 0 aromatic heterocycles. The van der Waals surface area contributed by atoms with Gasteiger partial charge in [-0.2, -0.15) is 0 Å². The van der Waals surface area contributed by atoms with Gasteiger partial charge in [-0.25, -0.2) is 0 Å². The molecule has 0 aliphatic heterocycles. The molecule has 0 amide bonds. The second-order valence-corrected chi connectivity index (χ2v) is 6.17. The molecule has 100 valence electrons. The maximum absolute atomic E-state index is 5.82. The molecule has 0 aliphatic carbocycles. The summed E-state index contributed by atoms with van der Waals surface area (Å²) in [4.78, 5) is 1.33. The maximum atomic E-state index is 5.82. The van der Waals surface area contributed by atoms with E-state index in [1.807, 2.05) is 18.7 Å². The SMILES string of the molecule is CCSc1ccc(-c2ccc(CC(C)N)cc2)cc1. The van der Waals surface area contributed by atoms with Crippen LogP contribution in [0.3, 0.4) is 0 Å². The Bertz CT molecular complexity index is 500. The van der Waals surface area contributed by atoms with Crippen LogP contribution in [0.25, 0.3) is 11.1 Å². The highest BCUT2D eigenvalue weighted by Gasteiger charge is 2.01. The van der Waals surface area contributed by atoms with Crippen molar-refractivity contribution >= 4 is 11.8 Å². The molecular formula is C17H21NS. The quantitative estimate of drug-likeness (QED) is 0.818. The molecule has 0 aliphatic rings. The second-order valence-electron chi connectivity index (χ2n) is 4.84. The Balaban J connectivity index is 2.13. The lowest BCUT2D eigenvalue weighted by Gasteiger charge is -2.07. The summed E-state index contributed by atoms with van der Waals surface area (Å²) in [6.45, 7) is 4.22. The zero-order valence-corrected chi connectivity index (χ0v) is 12.4. The Labute approximate surface area is 120 Å². The fourth-order valence-corrected chi connectivity index (χ4v) is 2.78. The Hall–Kier alpha value is -1.25. The first-order valence-electron chi connectivity index (χ1n) is 6.77. The van der Waals surface area contributed by atoms with Gasteiger partial charge in [0.15, 0.2) is 0 Å². The van der Waals surface area contributed by atoms with Gasteiger partial charge in [0, 0.05) is 10.9 Å². The van der Waals surface area contributed by atoms with Gasteiger partial charge in [-0.3, -0.25) is 0 Å². The third-order valence-electron chi connectivity index (χ3n) is 3.01.